The van der Waals surface area contributed by atoms with Gasteiger partial charge in [-0.05, 0) is 18.9 Å². The maximum atomic E-state index is 14.2. The van der Waals surface area contributed by atoms with E-state index in [-0.39, 0.29) is 12.5 Å². The van der Waals surface area contributed by atoms with Crippen LogP contribution in [0.1, 0.15) is 31.2 Å². The molecule has 7 heteroatoms. The number of rotatable bonds is 6. The van der Waals surface area contributed by atoms with Gasteiger partial charge in [0.15, 0.2) is 6.61 Å². The summed E-state index contributed by atoms with van der Waals surface area (Å²) in [4.78, 5) is 35.3. The highest BCUT2D eigenvalue weighted by Gasteiger charge is 2.45. The molecule has 0 heterocycles. The van der Waals surface area contributed by atoms with Crippen molar-refractivity contribution in [3.05, 3.63) is 35.6 Å². The van der Waals surface area contributed by atoms with Crippen molar-refractivity contribution >= 4 is 17.8 Å². The first-order valence-electron chi connectivity index (χ1n) is 7.89. The van der Waals surface area contributed by atoms with Crippen LogP contribution >= 0.6 is 0 Å². The van der Waals surface area contributed by atoms with Gasteiger partial charge in [0, 0.05) is 12.6 Å². The summed E-state index contributed by atoms with van der Waals surface area (Å²) in [5.74, 6) is -1.97. The van der Waals surface area contributed by atoms with Gasteiger partial charge in [-0.1, -0.05) is 31.0 Å². The van der Waals surface area contributed by atoms with Crippen LogP contribution in [0.25, 0.3) is 0 Å². The third kappa shape index (κ3) is 3.90. The zero-order valence-electron chi connectivity index (χ0n) is 13.6. The third-order valence-electron chi connectivity index (χ3n) is 4.30. The molecule has 1 aliphatic rings. The Morgan fingerprint density at radius 2 is 1.83 bits per heavy atom. The fraction of sp³-hybridized carbons (Fsp3) is 0.471. The van der Waals surface area contributed by atoms with Gasteiger partial charge in [-0.15, -0.1) is 0 Å². The zero-order valence-corrected chi connectivity index (χ0v) is 13.6. The molecule has 0 unspecified atom stereocenters. The van der Waals surface area contributed by atoms with Crippen molar-refractivity contribution in [1.29, 1.82) is 0 Å². The minimum absolute atomic E-state index is 0.189. The molecule has 2 rings (SSSR count). The number of esters is 1. The van der Waals surface area contributed by atoms with Gasteiger partial charge in [-0.25, -0.2) is 4.39 Å². The van der Waals surface area contributed by atoms with E-state index in [9.17, 15) is 18.8 Å². The predicted molar refractivity (Wildman–Crippen MR) is 84.6 cm³/mol. The summed E-state index contributed by atoms with van der Waals surface area (Å²) >= 11 is 0. The Balaban J connectivity index is 2.02. The lowest BCUT2D eigenvalue weighted by Gasteiger charge is -2.27. The molecule has 0 radical (unpaired) electrons. The molecular weight excluding hydrogens is 315 g/mol. The van der Waals surface area contributed by atoms with Gasteiger partial charge in [-0.3, -0.25) is 14.4 Å². The SMILES string of the molecule is CNC(=O)CNC(=O)COC(=O)C1(c2ccccc2F)CCCC1. The number of hydrogen-bond donors (Lipinski definition) is 2. The van der Waals surface area contributed by atoms with Gasteiger partial charge in [0.2, 0.25) is 5.91 Å². The van der Waals surface area contributed by atoms with Crippen LogP contribution in [-0.4, -0.2) is 38.0 Å². The lowest BCUT2D eigenvalue weighted by atomic mass is 9.78. The second kappa shape index (κ2) is 7.90. The van der Waals surface area contributed by atoms with E-state index in [1.54, 1.807) is 18.2 Å². The molecule has 0 spiro atoms. The Bertz CT molecular complexity index is 627. The van der Waals surface area contributed by atoms with Gasteiger partial charge in [0.25, 0.3) is 5.91 Å². The van der Waals surface area contributed by atoms with Crippen LogP contribution in [0.2, 0.25) is 0 Å². The van der Waals surface area contributed by atoms with Crippen molar-refractivity contribution in [1.82, 2.24) is 10.6 Å². The van der Waals surface area contributed by atoms with Crippen LogP contribution in [0, 0.1) is 5.82 Å². The molecule has 130 valence electrons. The first kappa shape index (κ1) is 17.9. The van der Waals surface area contributed by atoms with Crippen molar-refractivity contribution in [2.24, 2.45) is 0 Å². The molecule has 2 N–H and O–H groups in total. The van der Waals surface area contributed by atoms with Crippen LogP contribution in [0.4, 0.5) is 4.39 Å². The summed E-state index contributed by atoms with van der Waals surface area (Å²) in [7, 11) is 1.45. The van der Waals surface area contributed by atoms with E-state index < -0.39 is 29.7 Å². The lowest BCUT2D eigenvalue weighted by Crippen LogP contribution is -2.40. The van der Waals surface area contributed by atoms with E-state index in [4.69, 9.17) is 4.74 Å². The second-order valence-corrected chi connectivity index (χ2v) is 5.80. The smallest absolute Gasteiger partial charge is 0.317 e. The minimum atomic E-state index is -1.04. The Labute approximate surface area is 139 Å². The number of likely N-dealkylation sites (N-methyl/N-ethyl adjacent to an activating group) is 1. The van der Waals surface area contributed by atoms with E-state index in [2.05, 4.69) is 10.6 Å². The van der Waals surface area contributed by atoms with Crippen molar-refractivity contribution < 1.29 is 23.5 Å². The van der Waals surface area contributed by atoms with Crippen molar-refractivity contribution in [2.75, 3.05) is 20.2 Å². The molecule has 6 nitrogen and oxygen atoms in total. The van der Waals surface area contributed by atoms with E-state index in [1.165, 1.54) is 13.1 Å². The molecule has 1 aliphatic carbocycles. The summed E-state index contributed by atoms with van der Waals surface area (Å²) in [6, 6.07) is 6.16. The number of halogens is 1. The largest absolute Gasteiger partial charge is 0.455 e. The number of nitrogens with one attached hydrogen (secondary N) is 2. The number of carbonyl (C=O) groups excluding carboxylic acids is 3. The molecule has 0 aromatic heterocycles. The summed E-state index contributed by atoms with van der Waals surface area (Å²) in [6.07, 6.45) is 2.58. The van der Waals surface area contributed by atoms with Gasteiger partial charge in [-0.2, -0.15) is 0 Å². The number of benzene rings is 1. The molecule has 0 aliphatic heterocycles. The highest BCUT2D eigenvalue weighted by Crippen LogP contribution is 2.43. The number of amides is 2. The van der Waals surface area contributed by atoms with E-state index in [0.29, 0.717) is 18.4 Å². The standard InChI is InChI=1S/C17H21FN2O4/c1-19-14(21)10-20-15(22)11-24-16(23)17(8-4-5-9-17)12-6-2-3-7-13(12)18/h2-3,6-7H,4-5,8-11H2,1H3,(H,19,21)(H,20,22). The summed E-state index contributed by atoms with van der Waals surface area (Å²) in [6.45, 7) is -0.683. The molecule has 0 atom stereocenters. The average Bonchev–Trinajstić information content (AvgIpc) is 3.08. The fourth-order valence-corrected chi connectivity index (χ4v) is 3.00. The van der Waals surface area contributed by atoms with Crippen molar-refractivity contribution in [2.45, 2.75) is 31.1 Å². The normalized spacial score (nSPS) is 15.6. The molecule has 1 saturated carbocycles. The summed E-state index contributed by atoms with van der Waals surface area (Å²) in [5, 5.41) is 4.70. The van der Waals surface area contributed by atoms with Crippen molar-refractivity contribution in [3.8, 4) is 0 Å². The highest BCUT2D eigenvalue weighted by molar-refractivity contribution is 5.88. The molecule has 1 fully saturated rings. The van der Waals surface area contributed by atoms with Crippen LogP contribution < -0.4 is 10.6 Å². The summed E-state index contributed by atoms with van der Waals surface area (Å²) < 4.78 is 19.3. The number of ether oxygens (including phenoxy) is 1. The molecule has 1 aromatic rings. The number of carbonyl (C=O) groups is 3. The Morgan fingerprint density at radius 1 is 1.17 bits per heavy atom. The van der Waals surface area contributed by atoms with Crippen LogP contribution in [0.3, 0.4) is 0 Å². The molecule has 0 bridgehead atoms. The first-order chi connectivity index (χ1) is 11.5. The molecule has 2 amide bonds. The Morgan fingerprint density at radius 3 is 2.46 bits per heavy atom. The van der Waals surface area contributed by atoms with E-state index in [0.717, 1.165) is 12.8 Å². The van der Waals surface area contributed by atoms with Crippen molar-refractivity contribution in [3.63, 3.8) is 0 Å². The van der Waals surface area contributed by atoms with Crippen LogP contribution in [0.5, 0.6) is 0 Å². The van der Waals surface area contributed by atoms with E-state index >= 15 is 0 Å². The average molecular weight is 336 g/mol. The Kier molecular flexibility index (Phi) is 5.89. The topological polar surface area (TPSA) is 84.5 Å². The third-order valence-corrected chi connectivity index (χ3v) is 4.30. The quantitative estimate of drug-likeness (QED) is 0.760. The lowest BCUT2D eigenvalue weighted by molar-refractivity contribution is -0.154. The Hall–Kier alpha value is -2.44. The summed E-state index contributed by atoms with van der Waals surface area (Å²) in [5.41, 5.74) is -0.717. The molecular formula is C17H21FN2O4. The van der Waals surface area contributed by atoms with Crippen LogP contribution in [0.15, 0.2) is 24.3 Å². The minimum Gasteiger partial charge on any atom is -0.455 e. The molecule has 0 saturated heterocycles. The maximum absolute atomic E-state index is 14.2. The van der Waals surface area contributed by atoms with Gasteiger partial charge < -0.3 is 15.4 Å². The van der Waals surface area contributed by atoms with Gasteiger partial charge in [0.1, 0.15) is 5.82 Å². The molecule has 24 heavy (non-hydrogen) atoms. The van der Waals surface area contributed by atoms with Crippen LogP contribution in [-0.2, 0) is 24.5 Å². The number of hydrogen-bond acceptors (Lipinski definition) is 4. The first-order valence-corrected chi connectivity index (χ1v) is 7.89. The molecule has 1 aromatic carbocycles. The highest BCUT2D eigenvalue weighted by atomic mass is 19.1. The maximum Gasteiger partial charge on any atom is 0.317 e. The second-order valence-electron chi connectivity index (χ2n) is 5.80. The monoisotopic (exact) mass is 336 g/mol. The van der Waals surface area contributed by atoms with Gasteiger partial charge in [0.05, 0.1) is 12.0 Å². The van der Waals surface area contributed by atoms with E-state index in [1.807, 2.05) is 0 Å². The zero-order chi connectivity index (χ0) is 17.6. The predicted octanol–water partition coefficient (Wildman–Crippen LogP) is 1.04. The van der Waals surface area contributed by atoms with Gasteiger partial charge >= 0.3 is 5.97 Å². The fourth-order valence-electron chi connectivity index (χ4n) is 3.00.